The molecule has 6 rings (SSSR count). The Morgan fingerprint density at radius 3 is 2.35 bits per heavy atom. The van der Waals surface area contributed by atoms with Crippen LogP contribution in [0.5, 0.6) is 0 Å². The summed E-state index contributed by atoms with van der Waals surface area (Å²) in [6.07, 6.45) is 1.82. The normalized spacial score (nSPS) is 18.2. The van der Waals surface area contributed by atoms with Crippen molar-refractivity contribution in [3.63, 3.8) is 0 Å². The van der Waals surface area contributed by atoms with E-state index in [4.69, 9.17) is 13.7 Å². The van der Waals surface area contributed by atoms with Crippen molar-refractivity contribution in [1.29, 1.82) is 0 Å². The average molecular weight is 604 g/mol. The van der Waals surface area contributed by atoms with E-state index in [2.05, 4.69) is 5.32 Å². The molecule has 0 bridgehead atoms. The summed E-state index contributed by atoms with van der Waals surface area (Å²) in [5.41, 5.74) is 3.09. The maximum absolute atomic E-state index is 13.7. The van der Waals surface area contributed by atoms with Gasteiger partial charge in [-0.15, -0.1) is 0 Å². The molecule has 2 heterocycles. The molecule has 1 aliphatic heterocycles. The Morgan fingerprint density at radius 2 is 1.74 bits per heavy atom. The minimum atomic E-state index is -2.62. The SMILES string of the molecule is CNC(=O)c1c(-c2ccc(F)cc2)oc2cc(N(Cc3cccc(B4OC(C)(C)C(C)(C)O4)c3)S(=O)[O-])c(C3CC3)cc12. The zero-order chi connectivity index (χ0) is 30.7. The highest BCUT2D eigenvalue weighted by Gasteiger charge is 2.51. The Labute approximate surface area is 253 Å². The van der Waals surface area contributed by atoms with Gasteiger partial charge in [-0.2, -0.15) is 0 Å². The van der Waals surface area contributed by atoms with Crippen molar-refractivity contribution < 1.29 is 31.7 Å². The first-order valence-corrected chi connectivity index (χ1v) is 15.3. The number of anilines is 1. The van der Waals surface area contributed by atoms with Gasteiger partial charge in [0.2, 0.25) is 0 Å². The third kappa shape index (κ3) is 5.51. The lowest BCUT2D eigenvalue weighted by Crippen LogP contribution is -2.41. The molecule has 4 aromatic rings. The van der Waals surface area contributed by atoms with E-state index in [9.17, 15) is 17.9 Å². The van der Waals surface area contributed by atoms with Crippen molar-refractivity contribution in [2.75, 3.05) is 11.4 Å². The van der Waals surface area contributed by atoms with E-state index in [0.29, 0.717) is 27.8 Å². The summed E-state index contributed by atoms with van der Waals surface area (Å²) in [5, 5.41) is 3.24. The van der Waals surface area contributed by atoms with Crippen molar-refractivity contribution in [3.8, 4) is 11.3 Å². The Hall–Kier alpha value is -3.51. The molecule has 1 aliphatic carbocycles. The van der Waals surface area contributed by atoms with Gasteiger partial charge >= 0.3 is 7.12 Å². The molecule has 2 fully saturated rings. The van der Waals surface area contributed by atoms with E-state index >= 15 is 0 Å². The Morgan fingerprint density at radius 1 is 1.07 bits per heavy atom. The fourth-order valence-electron chi connectivity index (χ4n) is 5.44. The Bertz CT molecular complexity index is 1720. The molecule has 0 spiro atoms. The van der Waals surface area contributed by atoms with Crippen LogP contribution in [0.2, 0.25) is 0 Å². The van der Waals surface area contributed by atoms with Gasteiger partial charge in [0.15, 0.2) is 0 Å². The lowest BCUT2D eigenvalue weighted by molar-refractivity contribution is 0.00578. The number of carbonyl (C=O) groups is 1. The number of hydrogen-bond donors (Lipinski definition) is 1. The molecule has 1 saturated heterocycles. The molecular formula is C32H33BFN2O6S-. The van der Waals surface area contributed by atoms with Crippen molar-refractivity contribution in [2.24, 2.45) is 0 Å². The summed E-state index contributed by atoms with van der Waals surface area (Å²) in [4.78, 5) is 13.1. The number of benzene rings is 3. The van der Waals surface area contributed by atoms with E-state index in [0.717, 1.165) is 29.4 Å². The van der Waals surface area contributed by atoms with Crippen LogP contribution in [0.4, 0.5) is 10.1 Å². The largest absolute Gasteiger partial charge is 0.755 e. The van der Waals surface area contributed by atoms with Crippen LogP contribution in [0.15, 0.2) is 65.1 Å². The fraction of sp³-hybridized carbons (Fsp3) is 0.344. The van der Waals surface area contributed by atoms with Gasteiger partial charge in [0.05, 0.1) is 29.0 Å². The number of carbonyl (C=O) groups excluding carboxylic acids is 1. The van der Waals surface area contributed by atoms with E-state index < -0.39 is 35.4 Å². The molecule has 224 valence electrons. The van der Waals surface area contributed by atoms with Crippen LogP contribution in [0.3, 0.4) is 0 Å². The maximum atomic E-state index is 13.7. The smallest absolute Gasteiger partial charge is 0.494 e. The predicted molar refractivity (Wildman–Crippen MR) is 164 cm³/mol. The van der Waals surface area contributed by atoms with Crippen LogP contribution in [-0.2, 0) is 27.1 Å². The molecule has 1 amide bonds. The Balaban J connectivity index is 1.41. The first kappa shape index (κ1) is 29.6. The van der Waals surface area contributed by atoms with Crippen LogP contribution in [0.25, 0.3) is 22.3 Å². The average Bonchev–Trinajstić information content (AvgIpc) is 3.70. The van der Waals surface area contributed by atoms with Crippen molar-refractivity contribution in [1.82, 2.24) is 5.32 Å². The van der Waals surface area contributed by atoms with E-state index in [-0.39, 0.29) is 24.1 Å². The van der Waals surface area contributed by atoms with E-state index in [1.54, 1.807) is 18.2 Å². The highest BCUT2D eigenvalue weighted by molar-refractivity contribution is 7.80. The molecule has 1 saturated carbocycles. The summed E-state index contributed by atoms with van der Waals surface area (Å²) in [7, 11) is 0.955. The third-order valence-corrected chi connectivity index (χ3v) is 9.35. The molecule has 1 aromatic heterocycles. The topological polar surface area (TPSA) is 104 Å². The predicted octanol–water partition coefficient (Wildman–Crippen LogP) is 5.58. The number of rotatable bonds is 8. The number of nitrogens with zero attached hydrogens (tertiary/aromatic N) is 1. The lowest BCUT2D eigenvalue weighted by Gasteiger charge is -2.32. The van der Waals surface area contributed by atoms with Crippen LogP contribution in [0, 0.1) is 5.82 Å². The third-order valence-electron chi connectivity index (χ3n) is 8.67. The van der Waals surface area contributed by atoms with Gasteiger partial charge in [0.25, 0.3) is 5.91 Å². The summed E-state index contributed by atoms with van der Waals surface area (Å²) in [5.74, 6) is -0.312. The number of amides is 1. The minimum Gasteiger partial charge on any atom is -0.755 e. The molecule has 1 N–H and O–H groups in total. The standard InChI is InChI=1S/C32H34BFN2O6S/c1-31(2)32(3,4)42-33(41-31)22-8-6-7-19(15-22)18-36(43(38)39)26-17-27-25(16-24(26)20-9-10-20)28(30(37)35-5)29(40-27)21-11-13-23(34)14-12-21/h6-8,11-17,20H,9-10,18H2,1-5H3,(H,35,37)(H,38,39)/p-1. The summed E-state index contributed by atoms with van der Waals surface area (Å²) < 4.78 is 59.2. The monoisotopic (exact) mass is 603 g/mol. The molecule has 11 heteroatoms. The molecule has 8 nitrogen and oxygen atoms in total. The lowest BCUT2D eigenvalue weighted by atomic mass is 9.78. The first-order valence-electron chi connectivity index (χ1n) is 14.3. The molecule has 43 heavy (non-hydrogen) atoms. The highest BCUT2D eigenvalue weighted by Crippen LogP contribution is 2.48. The summed E-state index contributed by atoms with van der Waals surface area (Å²) >= 11 is -2.62. The van der Waals surface area contributed by atoms with Crippen molar-refractivity contribution in [2.45, 2.75) is 64.2 Å². The van der Waals surface area contributed by atoms with Crippen LogP contribution in [-0.4, -0.2) is 40.0 Å². The van der Waals surface area contributed by atoms with E-state index in [1.165, 1.54) is 23.5 Å². The second kappa shape index (κ2) is 10.9. The quantitative estimate of drug-likeness (QED) is 0.209. The van der Waals surface area contributed by atoms with Crippen molar-refractivity contribution >= 4 is 46.4 Å². The summed E-state index contributed by atoms with van der Waals surface area (Å²) in [6.45, 7) is 8.02. The number of nitrogens with one attached hydrogen (secondary N) is 1. The molecule has 3 aromatic carbocycles. The van der Waals surface area contributed by atoms with Crippen LogP contribution < -0.4 is 15.1 Å². The zero-order valence-corrected chi connectivity index (χ0v) is 25.5. The number of hydrogen-bond acceptors (Lipinski definition) is 6. The minimum absolute atomic E-state index is 0.0719. The van der Waals surface area contributed by atoms with Gasteiger partial charge in [-0.05, 0) is 93.4 Å². The molecule has 1 unspecified atom stereocenters. The molecule has 0 radical (unpaired) electrons. The van der Waals surface area contributed by atoms with E-state index in [1.807, 2.05) is 58.0 Å². The number of furan rings is 1. The van der Waals surface area contributed by atoms with Gasteiger partial charge in [-0.1, -0.05) is 24.3 Å². The van der Waals surface area contributed by atoms with Gasteiger partial charge in [-0.3, -0.25) is 13.3 Å². The molecular weight excluding hydrogens is 570 g/mol. The Kier molecular flexibility index (Phi) is 7.49. The van der Waals surface area contributed by atoms with Gasteiger partial charge in [0.1, 0.15) is 17.2 Å². The van der Waals surface area contributed by atoms with Gasteiger partial charge in [0, 0.05) is 35.3 Å². The second-order valence-electron chi connectivity index (χ2n) is 12.2. The number of fused-ring (bicyclic) bond motifs is 1. The fourth-order valence-corrected chi connectivity index (χ4v) is 6.02. The van der Waals surface area contributed by atoms with Gasteiger partial charge in [-0.25, -0.2) is 4.39 Å². The van der Waals surface area contributed by atoms with Crippen LogP contribution >= 0.6 is 0 Å². The highest BCUT2D eigenvalue weighted by atomic mass is 32.2. The zero-order valence-electron chi connectivity index (χ0n) is 24.7. The molecule has 2 aliphatic rings. The van der Waals surface area contributed by atoms with Crippen molar-refractivity contribution in [3.05, 3.63) is 83.2 Å². The molecule has 1 atom stereocenters. The summed E-state index contributed by atoms with van der Waals surface area (Å²) in [6, 6.07) is 16.8. The number of halogens is 1. The van der Waals surface area contributed by atoms with Gasteiger partial charge < -0.3 is 23.6 Å². The maximum Gasteiger partial charge on any atom is 0.494 e. The second-order valence-corrected chi connectivity index (χ2v) is 13.0. The first-order chi connectivity index (χ1) is 20.4. The van der Waals surface area contributed by atoms with Crippen LogP contribution in [0.1, 0.15) is 67.9 Å².